The highest BCUT2D eigenvalue weighted by Crippen LogP contribution is 2.17. The summed E-state index contributed by atoms with van der Waals surface area (Å²) in [5, 5.41) is 17.4. The van der Waals surface area contributed by atoms with E-state index in [0.717, 1.165) is 11.4 Å². The first kappa shape index (κ1) is 19.0. The van der Waals surface area contributed by atoms with Gasteiger partial charge in [-0.3, -0.25) is 0 Å². The molecule has 0 radical (unpaired) electrons. The van der Waals surface area contributed by atoms with Gasteiger partial charge >= 0.3 is 6.03 Å². The van der Waals surface area contributed by atoms with Crippen LogP contribution in [0.5, 0.6) is 0 Å². The Hall–Kier alpha value is -3.34. The van der Waals surface area contributed by atoms with Gasteiger partial charge in [0.15, 0.2) is 0 Å². The third-order valence-electron chi connectivity index (χ3n) is 3.58. The molecule has 0 aliphatic carbocycles. The van der Waals surface area contributed by atoms with Crippen LogP contribution in [-0.4, -0.2) is 38.2 Å². The van der Waals surface area contributed by atoms with E-state index in [9.17, 15) is 9.18 Å². The average molecular weight is 356 g/mol. The molecule has 136 valence electrons. The molecule has 1 aromatic carbocycles. The molecule has 0 aliphatic heterocycles. The Labute approximate surface area is 151 Å². The Kier molecular flexibility index (Phi) is 6.74. The lowest BCUT2D eigenvalue weighted by Crippen LogP contribution is -2.37. The fourth-order valence-corrected chi connectivity index (χ4v) is 2.37. The fraction of sp³-hybridized carbons (Fsp3) is 0.278. The van der Waals surface area contributed by atoms with Gasteiger partial charge in [0.05, 0.1) is 5.69 Å². The molecular formula is C18H21FN6O. The summed E-state index contributed by atoms with van der Waals surface area (Å²) in [7, 11) is 3.78. The number of benzene rings is 1. The average Bonchev–Trinajstić information content (AvgIpc) is 2.63. The highest BCUT2D eigenvalue weighted by Gasteiger charge is 2.08. The van der Waals surface area contributed by atoms with Crippen molar-refractivity contribution in [2.45, 2.75) is 6.54 Å². The number of urea groups is 1. The van der Waals surface area contributed by atoms with Crippen molar-refractivity contribution in [3.63, 3.8) is 0 Å². The molecule has 7 nitrogen and oxygen atoms in total. The van der Waals surface area contributed by atoms with Gasteiger partial charge in [-0.2, -0.15) is 5.26 Å². The van der Waals surface area contributed by atoms with Crippen LogP contribution < -0.4 is 20.9 Å². The fourth-order valence-electron chi connectivity index (χ4n) is 2.37. The van der Waals surface area contributed by atoms with Gasteiger partial charge in [-0.1, -0.05) is 12.1 Å². The van der Waals surface area contributed by atoms with Crippen LogP contribution in [-0.2, 0) is 6.54 Å². The van der Waals surface area contributed by atoms with Crippen LogP contribution >= 0.6 is 0 Å². The molecule has 2 rings (SSSR count). The number of hydrogen-bond donors (Lipinski definition) is 3. The molecule has 1 heterocycles. The first-order valence-corrected chi connectivity index (χ1v) is 8.08. The molecule has 8 heteroatoms. The largest absolute Gasteiger partial charge is 0.382 e. The van der Waals surface area contributed by atoms with E-state index in [0.29, 0.717) is 25.3 Å². The summed E-state index contributed by atoms with van der Waals surface area (Å²) in [5.41, 5.74) is 1.27. The van der Waals surface area contributed by atoms with Crippen LogP contribution in [0.15, 0.2) is 36.5 Å². The van der Waals surface area contributed by atoms with E-state index in [4.69, 9.17) is 5.26 Å². The van der Waals surface area contributed by atoms with Crippen molar-refractivity contribution in [3.05, 3.63) is 53.5 Å². The molecule has 0 unspecified atom stereocenters. The number of pyridine rings is 1. The molecule has 1 aromatic heterocycles. The molecule has 2 amide bonds. The van der Waals surface area contributed by atoms with Gasteiger partial charge in [-0.25, -0.2) is 14.2 Å². The number of nitrogens with zero attached hydrogens (tertiary/aromatic N) is 3. The van der Waals surface area contributed by atoms with Gasteiger partial charge in [0.2, 0.25) is 0 Å². The highest BCUT2D eigenvalue weighted by molar-refractivity contribution is 5.74. The van der Waals surface area contributed by atoms with Crippen molar-refractivity contribution in [2.75, 3.05) is 37.4 Å². The van der Waals surface area contributed by atoms with Crippen LogP contribution in [0.3, 0.4) is 0 Å². The molecule has 26 heavy (non-hydrogen) atoms. The Morgan fingerprint density at radius 3 is 2.77 bits per heavy atom. The van der Waals surface area contributed by atoms with Crippen molar-refractivity contribution < 1.29 is 9.18 Å². The second-order valence-corrected chi connectivity index (χ2v) is 5.69. The zero-order valence-corrected chi connectivity index (χ0v) is 14.7. The number of hydrogen-bond acceptors (Lipinski definition) is 5. The first-order chi connectivity index (χ1) is 12.5. The minimum atomic E-state index is -0.573. The van der Waals surface area contributed by atoms with Crippen molar-refractivity contribution in [3.8, 4) is 6.07 Å². The van der Waals surface area contributed by atoms with Gasteiger partial charge in [0, 0.05) is 45.5 Å². The molecule has 0 fully saturated rings. The first-order valence-electron chi connectivity index (χ1n) is 8.08. The molecule has 2 aromatic rings. The van der Waals surface area contributed by atoms with E-state index in [1.54, 1.807) is 12.3 Å². The Morgan fingerprint density at radius 2 is 2.04 bits per heavy atom. The Morgan fingerprint density at radius 1 is 1.23 bits per heavy atom. The van der Waals surface area contributed by atoms with E-state index in [1.165, 1.54) is 12.1 Å². The van der Waals surface area contributed by atoms with E-state index in [-0.39, 0.29) is 11.6 Å². The maximum absolute atomic E-state index is 13.5. The van der Waals surface area contributed by atoms with Crippen LogP contribution in [0.4, 0.5) is 20.7 Å². The Bertz CT molecular complexity index is 803. The van der Waals surface area contributed by atoms with Gasteiger partial charge in [-0.15, -0.1) is 0 Å². The summed E-state index contributed by atoms with van der Waals surface area (Å²) in [6.07, 6.45) is 1.70. The third-order valence-corrected chi connectivity index (χ3v) is 3.58. The predicted octanol–water partition coefficient (Wildman–Crippen LogP) is 2.07. The number of anilines is 2. The molecule has 3 N–H and O–H groups in total. The normalized spacial score (nSPS) is 9.92. The molecule has 0 atom stereocenters. The van der Waals surface area contributed by atoms with Gasteiger partial charge in [0.25, 0.3) is 0 Å². The minimum absolute atomic E-state index is 0.0373. The van der Waals surface area contributed by atoms with E-state index in [1.807, 2.05) is 37.2 Å². The van der Waals surface area contributed by atoms with Crippen LogP contribution in [0.2, 0.25) is 0 Å². The molecular weight excluding hydrogens is 335 g/mol. The monoisotopic (exact) mass is 356 g/mol. The van der Waals surface area contributed by atoms with Gasteiger partial charge in [-0.05, 0) is 18.2 Å². The summed E-state index contributed by atoms with van der Waals surface area (Å²) < 4.78 is 13.5. The number of carbonyl (C=O) groups excluding carboxylic acids is 1. The molecule has 0 saturated heterocycles. The smallest absolute Gasteiger partial charge is 0.315 e. The van der Waals surface area contributed by atoms with Crippen molar-refractivity contribution in [1.29, 1.82) is 5.26 Å². The van der Waals surface area contributed by atoms with Crippen LogP contribution in [0, 0.1) is 17.1 Å². The van der Waals surface area contributed by atoms with E-state index >= 15 is 0 Å². The zero-order chi connectivity index (χ0) is 18.9. The topological polar surface area (TPSA) is 93.1 Å². The second-order valence-electron chi connectivity index (χ2n) is 5.69. The summed E-state index contributed by atoms with van der Waals surface area (Å²) in [5.74, 6) is 0.223. The number of aromatic nitrogens is 1. The highest BCUT2D eigenvalue weighted by atomic mass is 19.1. The van der Waals surface area contributed by atoms with Gasteiger partial charge < -0.3 is 20.9 Å². The molecule has 0 bridgehead atoms. The summed E-state index contributed by atoms with van der Waals surface area (Å²) in [4.78, 5) is 18.0. The summed E-state index contributed by atoms with van der Waals surface area (Å²) >= 11 is 0. The number of nitrogens with one attached hydrogen (secondary N) is 3. The molecule has 0 saturated carbocycles. The maximum atomic E-state index is 13.5. The van der Waals surface area contributed by atoms with Crippen molar-refractivity contribution in [1.82, 2.24) is 15.6 Å². The minimum Gasteiger partial charge on any atom is -0.382 e. The second kappa shape index (κ2) is 9.22. The predicted molar refractivity (Wildman–Crippen MR) is 98.4 cm³/mol. The molecule has 0 aliphatic rings. The molecule has 0 spiro atoms. The number of halogens is 1. The van der Waals surface area contributed by atoms with Crippen LogP contribution in [0.1, 0.15) is 11.1 Å². The zero-order valence-electron chi connectivity index (χ0n) is 14.7. The van der Waals surface area contributed by atoms with E-state index < -0.39 is 5.82 Å². The standard InChI is InChI=1S/C18H21FN6O/c1-25(2)17-13(5-4-8-22-17)12-24-18(26)23-10-9-21-16-7-3-6-15(19)14(16)11-20/h3-8,21H,9-10,12H2,1-2H3,(H2,23,24,26). The van der Waals surface area contributed by atoms with Crippen LogP contribution in [0.25, 0.3) is 0 Å². The lowest BCUT2D eigenvalue weighted by atomic mass is 10.2. The number of carbonyl (C=O) groups is 1. The van der Waals surface area contributed by atoms with Gasteiger partial charge in [0.1, 0.15) is 23.3 Å². The SMILES string of the molecule is CN(C)c1ncccc1CNC(=O)NCCNc1cccc(F)c1C#N. The summed E-state index contributed by atoms with van der Waals surface area (Å²) in [6, 6.07) is 9.59. The number of nitriles is 1. The number of rotatable bonds is 7. The third kappa shape index (κ3) is 5.08. The summed E-state index contributed by atoms with van der Waals surface area (Å²) in [6.45, 7) is 1.03. The number of amides is 2. The Balaban J connectivity index is 1.77. The quantitative estimate of drug-likeness (QED) is 0.661. The maximum Gasteiger partial charge on any atom is 0.315 e. The van der Waals surface area contributed by atoms with E-state index in [2.05, 4.69) is 20.9 Å². The van der Waals surface area contributed by atoms with Crippen molar-refractivity contribution in [2.24, 2.45) is 0 Å². The van der Waals surface area contributed by atoms with Crippen molar-refractivity contribution >= 4 is 17.5 Å². The lowest BCUT2D eigenvalue weighted by Gasteiger charge is -2.16. The lowest BCUT2D eigenvalue weighted by molar-refractivity contribution is 0.241.